The normalized spacial score (nSPS) is 13.3. The van der Waals surface area contributed by atoms with Crippen LogP contribution < -0.4 is 10.5 Å². The van der Waals surface area contributed by atoms with E-state index in [9.17, 15) is 8.42 Å². The molecule has 0 saturated carbocycles. The largest absolute Gasteiger partial charge is 0.393 e. The van der Waals surface area contributed by atoms with Crippen LogP contribution in [0.4, 0.5) is 0 Å². The van der Waals surface area contributed by atoms with Crippen LogP contribution in [0.3, 0.4) is 0 Å². The number of nitrogens with two attached hydrogens (primary N) is 1. The fraction of sp³-hybridized carbons (Fsp3) is 0.300. The molecule has 1 unspecified atom stereocenters. The van der Waals surface area contributed by atoms with Gasteiger partial charge in [-0.05, 0) is 34.1 Å². The zero-order valence-electron chi connectivity index (χ0n) is 9.48. The van der Waals surface area contributed by atoms with E-state index in [0.717, 1.165) is 0 Å². The molecule has 1 atom stereocenters. The summed E-state index contributed by atoms with van der Waals surface area (Å²) in [6.45, 7) is 1.94. The molecule has 1 aromatic carbocycles. The van der Waals surface area contributed by atoms with E-state index in [2.05, 4.69) is 36.6 Å². The fourth-order valence-electron chi connectivity index (χ4n) is 1.10. The SMILES string of the molecule is CC(CNS(=O)(=O)c1cc(Br)ccc1Br)C(N)=S. The molecule has 0 aliphatic carbocycles. The van der Waals surface area contributed by atoms with Gasteiger partial charge in [0.2, 0.25) is 10.0 Å². The van der Waals surface area contributed by atoms with Crippen molar-refractivity contribution in [3.05, 3.63) is 27.1 Å². The Morgan fingerprint density at radius 2 is 2.11 bits per heavy atom. The van der Waals surface area contributed by atoms with E-state index in [0.29, 0.717) is 8.95 Å². The molecule has 0 fully saturated rings. The number of benzene rings is 1. The number of hydrogen-bond acceptors (Lipinski definition) is 3. The number of thiocarbonyl (C=S) groups is 1. The zero-order chi connectivity index (χ0) is 13.9. The van der Waals surface area contributed by atoms with Gasteiger partial charge >= 0.3 is 0 Å². The molecule has 8 heteroatoms. The maximum atomic E-state index is 12.1. The lowest BCUT2D eigenvalue weighted by atomic mass is 10.2. The van der Waals surface area contributed by atoms with Crippen molar-refractivity contribution in [3.63, 3.8) is 0 Å². The summed E-state index contributed by atoms with van der Waals surface area (Å²) < 4.78 is 27.8. The Kier molecular flexibility index (Phi) is 5.72. The zero-order valence-corrected chi connectivity index (χ0v) is 14.3. The number of halogens is 2. The third kappa shape index (κ3) is 4.27. The van der Waals surface area contributed by atoms with E-state index >= 15 is 0 Å². The maximum absolute atomic E-state index is 12.1. The summed E-state index contributed by atoms with van der Waals surface area (Å²) in [7, 11) is -3.58. The molecule has 0 spiro atoms. The predicted molar refractivity (Wildman–Crippen MR) is 83.0 cm³/mol. The Balaban J connectivity index is 2.93. The van der Waals surface area contributed by atoms with Crippen molar-refractivity contribution in [3.8, 4) is 0 Å². The molecule has 0 bridgehead atoms. The second kappa shape index (κ2) is 6.42. The highest BCUT2D eigenvalue weighted by atomic mass is 79.9. The quantitative estimate of drug-likeness (QED) is 0.724. The Labute approximate surface area is 129 Å². The molecule has 0 aliphatic heterocycles. The number of rotatable bonds is 5. The van der Waals surface area contributed by atoms with Gasteiger partial charge in [-0.1, -0.05) is 35.1 Å². The summed E-state index contributed by atoms with van der Waals surface area (Å²) in [4.78, 5) is 0.457. The highest BCUT2D eigenvalue weighted by Crippen LogP contribution is 2.25. The Morgan fingerprint density at radius 3 is 2.67 bits per heavy atom. The molecule has 0 radical (unpaired) electrons. The van der Waals surface area contributed by atoms with Gasteiger partial charge in [-0.15, -0.1) is 0 Å². The van der Waals surface area contributed by atoms with Gasteiger partial charge in [0.1, 0.15) is 0 Å². The lowest BCUT2D eigenvalue weighted by Crippen LogP contribution is -2.33. The molecular formula is C10H12Br2N2O2S2. The summed E-state index contributed by atoms with van der Waals surface area (Å²) in [6, 6.07) is 4.94. The standard InChI is InChI=1S/C10H12Br2N2O2S2/c1-6(10(13)17)5-14-18(15,16)9-4-7(11)2-3-8(9)12/h2-4,6,14H,5H2,1H3,(H2,13,17). The van der Waals surface area contributed by atoms with Crippen molar-refractivity contribution in [1.82, 2.24) is 4.72 Å². The van der Waals surface area contributed by atoms with Crippen LogP contribution in [0.5, 0.6) is 0 Å². The number of hydrogen-bond donors (Lipinski definition) is 2. The van der Waals surface area contributed by atoms with Gasteiger partial charge in [-0.2, -0.15) is 0 Å². The molecular weight excluding hydrogens is 404 g/mol. The minimum absolute atomic E-state index is 0.173. The lowest BCUT2D eigenvalue weighted by Gasteiger charge is -2.12. The second-order valence-electron chi connectivity index (χ2n) is 3.73. The van der Waals surface area contributed by atoms with Crippen LogP contribution in [0.2, 0.25) is 0 Å². The van der Waals surface area contributed by atoms with E-state index in [4.69, 9.17) is 18.0 Å². The van der Waals surface area contributed by atoms with E-state index in [1.807, 2.05) is 0 Å². The molecule has 0 heterocycles. The average molecular weight is 416 g/mol. The van der Waals surface area contributed by atoms with Crippen LogP contribution in [-0.2, 0) is 10.0 Å². The minimum atomic E-state index is -3.58. The van der Waals surface area contributed by atoms with Gasteiger partial charge in [0.25, 0.3) is 0 Å². The third-order valence-corrected chi connectivity index (χ3v) is 5.56. The summed E-state index contributed by atoms with van der Waals surface area (Å²) in [5.41, 5.74) is 5.44. The molecule has 1 rings (SSSR count). The highest BCUT2D eigenvalue weighted by molar-refractivity contribution is 9.11. The van der Waals surface area contributed by atoms with Gasteiger partial charge < -0.3 is 5.73 Å². The van der Waals surface area contributed by atoms with E-state index in [-0.39, 0.29) is 22.3 Å². The molecule has 0 aliphatic rings. The van der Waals surface area contributed by atoms with Gasteiger partial charge in [-0.25, -0.2) is 13.1 Å². The van der Waals surface area contributed by atoms with Crippen LogP contribution >= 0.6 is 44.1 Å². The lowest BCUT2D eigenvalue weighted by molar-refractivity contribution is 0.574. The van der Waals surface area contributed by atoms with Gasteiger partial charge in [-0.3, -0.25) is 0 Å². The molecule has 0 aromatic heterocycles. The van der Waals surface area contributed by atoms with Crippen molar-refractivity contribution in [2.75, 3.05) is 6.54 Å². The second-order valence-corrected chi connectivity index (χ2v) is 7.71. The number of sulfonamides is 1. The van der Waals surface area contributed by atoms with Crippen LogP contribution in [0, 0.1) is 5.92 Å². The van der Waals surface area contributed by atoms with Gasteiger partial charge in [0.05, 0.1) is 9.88 Å². The van der Waals surface area contributed by atoms with Crippen LogP contribution in [0.1, 0.15) is 6.92 Å². The van der Waals surface area contributed by atoms with Crippen LogP contribution in [0.15, 0.2) is 32.0 Å². The number of nitrogens with one attached hydrogen (secondary N) is 1. The highest BCUT2D eigenvalue weighted by Gasteiger charge is 2.19. The monoisotopic (exact) mass is 414 g/mol. The van der Waals surface area contributed by atoms with E-state index < -0.39 is 10.0 Å². The van der Waals surface area contributed by atoms with Crippen molar-refractivity contribution in [2.24, 2.45) is 11.7 Å². The summed E-state index contributed by atoms with van der Waals surface area (Å²) in [6.07, 6.45) is 0. The first-order valence-corrected chi connectivity index (χ1v) is 8.46. The molecule has 0 amide bonds. The molecule has 100 valence electrons. The fourth-order valence-corrected chi connectivity index (χ4v) is 3.81. The Hall–Kier alpha value is -0.0200. The summed E-state index contributed by atoms with van der Waals surface area (Å²) in [5.74, 6) is -0.194. The first-order valence-electron chi connectivity index (χ1n) is 4.98. The summed E-state index contributed by atoms with van der Waals surface area (Å²) in [5, 5.41) is 0. The molecule has 4 nitrogen and oxygen atoms in total. The van der Waals surface area contributed by atoms with E-state index in [1.165, 1.54) is 6.07 Å². The Morgan fingerprint density at radius 1 is 1.50 bits per heavy atom. The molecule has 18 heavy (non-hydrogen) atoms. The average Bonchev–Trinajstić information content (AvgIpc) is 2.29. The molecule has 0 saturated heterocycles. The van der Waals surface area contributed by atoms with E-state index in [1.54, 1.807) is 19.1 Å². The van der Waals surface area contributed by atoms with Crippen LogP contribution in [0.25, 0.3) is 0 Å². The Bertz CT molecular complexity index is 561. The minimum Gasteiger partial charge on any atom is -0.393 e. The first kappa shape index (κ1) is 16.0. The van der Waals surface area contributed by atoms with Crippen molar-refractivity contribution in [2.45, 2.75) is 11.8 Å². The van der Waals surface area contributed by atoms with Crippen LogP contribution in [-0.4, -0.2) is 20.0 Å². The van der Waals surface area contributed by atoms with Gasteiger partial charge in [0.15, 0.2) is 0 Å². The van der Waals surface area contributed by atoms with Crippen molar-refractivity contribution >= 4 is 59.1 Å². The summed E-state index contributed by atoms with van der Waals surface area (Å²) >= 11 is 11.2. The maximum Gasteiger partial charge on any atom is 0.241 e. The van der Waals surface area contributed by atoms with Crippen molar-refractivity contribution in [1.29, 1.82) is 0 Å². The van der Waals surface area contributed by atoms with Crippen molar-refractivity contribution < 1.29 is 8.42 Å². The predicted octanol–water partition coefficient (Wildman–Crippen LogP) is 2.41. The third-order valence-electron chi connectivity index (χ3n) is 2.25. The molecule has 1 aromatic rings. The first-order chi connectivity index (χ1) is 8.24. The smallest absolute Gasteiger partial charge is 0.241 e. The molecule has 3 N–H and O–H groups in total. The van der Waals surface area contributed by atoms with Gasteiger partial charge in [0, 0.05) is 21.4 Å². The topological polar surface area (TPSA) is 72.2 Å².